The summed E-state index contributed by atoms with van der Waals surface area (Å²) in [6.07, 6.45) is -4.28. The molecule has 37 heavy (non-hydrogen) atoms. The summed E-state index contributed by atoms with van der Waals surface area (Å²) in [7, 11) is 0. The van der Waals surface area contributed by atoms with Crippen LogP contribution in [0.15, 0.2) is 36.5 Å². The minimum Gasteiger partial charge on any atom is -0.351 e. The van der Waals surface area contributed by atoms with Gasteiger partial charge in [0.15, 0.2) is 5.82 Å². The molecule has 1 saturated carbocycles. The summed E-state index contributed by atoms with van der Waals surface area (Å²) >= 11 is 0. The van der Waals surface area contributed by atoms with Crippen LogP contribution in [0.5, 0.6) is 0 Å². The summed E-state index contributed by atoms with van der Waals surface area (Å²) < 4.78 is 93.9. The van der Waals surface area contributed by atoms with E-state index in [4.69, 9.17) is 0 Å². The first-order chi connectivity index (χ1) is 17.3. The molecule has 0 saturated heterocycles. The van der Waals surface area contributed by atoms with Crippen molar-refractivity contribution >= 4 is 17.6 Å². The number of nitrogens with zero attached hydrogens (tertiary/aromatic N) is 5. The quantitative estimate of drug-likeness (QED) is 0.337. The van der Waals surface area contributed by atoms with Gasteiger partial charge in [-0.05, 0) is 30.7 Å². The van der Waals surface area contributed by atoms with Crippen molar-refractivity contribution in [2.75, 3.05) is 10.6 Å². The standard InChI is InChI=1S/C21H18F7N7.C2H6/c1-19(22,23)15-9-11(6-8-29-15)30-17-33-16(13-3-2-4-14(32-13)21(26,27)28)34-18(35-17)31-12-5-7-20(24,25)10-12;1-2/h2-4,6,8-9,12H,5,7,10H2,1H3,(H2,29,30,31,33,34,35);1-2H3. The van der Waals surface area contributed by atoms with Gasteiger partial charge in [-0.1, -0.05) is 19.9 Å². The molecule has 200 valence electrons. The second-order valence-corrected chi connectivity index (χ2v) is 8.10. The number of hydrogen-bond donors (Lipinski definition) is 2. The highest BCUT2D eigenvalue weighted by Gasteiger charge is 2.40. The number of alkyl halides is 7. The van der Waals surface area contributed by atoms with Crippen molar-refractivity contribution in [2.24, 2.45) is 0 Å². The van der Waals surface area contributed by atoms with Crippen LogP contribution in [-0.2, 0) is 12.1 Å². The highest BCUT2D eigenvalue weighted by atomic mass is 19.4. The van der Waals surface area contributed by atoms with Crippen LogP contribution in [0, 0.1) is 0 Å². The van der Waals surface area contributed by atoms with Crippen LogP contribution < -0.4 is 10.6 Å². The van der Waals surface area contributed by atoms with Gasteiger partial charge in [-0.2, -0.15) is 36.9 Å². The van der Waals surface area contributed by atoms with Crippen LogP contribution in [0.2, 0.25) is 0 Å². The van der Waals surface area contributed by atoms with Gasteiger partial charge >= 0.3 is 6.18 Å². The van der Waals surface area contributed by atoms with E-state index in [9.17, 15) is 30.7 Å². The van der Waals surface area contributed by atoms with Gasteiger partial charge in [-0.25, -0.2) is 13.8 Å². The average molecular weight is 531 g/mol. The van der Waals surface area contributed by atoms with E-state index in [1.165, 1.54) is 12.1 Å². The van der Waals surface area contributed by atoms with Crippen molar-refractivity contribution in [3.05, 3.63) is 47.9 Å². The molecule has 0 aromatic carbocycles. The van der Waals surface area contributed by atoms with E-state index in [0.29, 0.717) is 6.92 Å². The lowest BCUT2D eigenvalue weighted by atomic mass is 10.2. The maximum absolute atomic E-state index is 13.6. The highest BCUT2D eigenvalue weighted by molar-refractivity contribution is 5.59. The molecule has 0 radical (unpaired) electrons. The summed E-state index contributed by atoms with van der Waals surface area (Å²) in [6, 6.07) is 4.85. The molecule has 1 unspecified atom stereocenters. The fraction of sp³-hybridized carbons (Fsp3) is 0.435. The maximum atomic E-state index is 13.6. The molecule has 0 amide bonds. The third-order valence-corrected chi connectivity index (χ3v) is 5.11. The van der Waals surface area contributed by atoms with Crippen LogP contribution in [0.4, 0.5) is 48.3 Å². The molecule has 1 fully saturated rings. The number of hydrogen-bond acceptors (Lipinski definition) is 7. The number of halogens is 7. The van der Waals surface area contributed by atoms with E-state index in [1.54, 1.807) is 0 Å². The zero-order valence-corrected chi connectivity index (χ0v) is 20.0. The first-order valence-electron chi connectivity index (χ1n) is 11.3. The van der Waals surface area contributed by atoms with E-state index in [-0.39, 0.29) is 41.9 Å². The van der Waals surface area contributed by atoms with E-state index in [2.05, 4.69) is 35.6 Å². The van der Waals surface area contributed by atoms with Crippen LogP contribution in [0.3, 0.4) is 0 Å². The Hall–Kier alpha value is -3.58. The van der Waals surface area contributed by atoms with E-state index >= 15 is 0 Å². The Morgan fingerprint density at radius 3 is 2.24 bits per heavy atom. The predicted octanol–water partition coefficient (Wildman–Crippen LogP) is 6.83. The molecule has 0 aliphatic heterocycles. The summed E-state index contributed by atoms with van der Waals surface area (Å²) in [5.74, 6) is -6.79. The monoisotopic (exact) mass is 531 g/mol. The summed E-state index contributed by atoms with van der Waals surface area (Å²) in [5, 5.41) is 5.43. The van der Waals surface area contributed by atoms with Crippen molar-refractivity contribution in [3.63, 3.8) is 0 Å². The molecule has 1 aliphatic rings. The Bertz CT molecular complexity index is 1210. The largest absolute Gasteiger partial charge is 0.433 e. The molecule has 1 aliphatic carbocycles. The SMILES string of the molecule is CC.CC(F)(F)c1cc(Nc2nc(NC3CCC(F)(F)C3)nc(-c3cccc(C(F)(F)F)n3)n2)ccn1. The number of nitrogens with one attached hydrogen (secondary N) is 2. The molecule has 3 heterocycles. The Kier molecular flexibility index (Phi) is 8.18. The molecule has 1 atom stereocenters. The molecule has 14 heteroatoms. The number of pyridine rings is 2. The van der Waals surface area contributed by atoms with Crippen molar-refractivity contribution in [1.29, 1.82) is 0 Å². The van der Waals surface area contributed by atoms with Crippen molar-refractivity contribution in [3.8, 4) is 11.5 Å². The van der Waals surface area contributed by atoms with Crippen molar-refractivity contribution in [1.82, 2.24) is 24.9 Å². The Balaban J connectivity index is 0.00000186. The molecule has 3 aromatic rings. The lowest BCUT2D eigenvalue weighted by molar-refractivity contribution is -0.141. The van der Waals surface area contributed by atoms with Gasteiger partial charge in [-0.15, -0.1) is 0 Å². The van der Waals surface area contributed by atoms with Crippen molar-refractivity contribution < 1.29 is 30.7 Å². The fourth-order valence-corrected chi connectivity index (χ4v) is 3.46. The van der Waals surface area contributed by atoms with E-state index in [0.717, 1.165) is 24.4 Å². The maximum Gasteiger partial charge on any atom is 0.433 e. The molecule has 0 spiro atoms. The molecule has 2 N–H and O–H groups in total. The zero-order chi connectivity index (χ0) is 27.4. The van der Waals surface area contributed by atoms with E-state index < -0.39 is 41.9 Å². The van der Waals surface area contributed by atoms with Crippen molar-refractivity contribution in [2.45, 2.75) is 64.1 Å². The Morgan fingerprint density at radius 2 is 1.62 bits per heavy atom. The third kappa shape index (κ3) is 7.46. The number of rotatable bonds is 6. The van der Waals surface area contributed by atoms with Crippen LogP contribution in [-0.4, -0.2) is 36.9 Å². The van der Waals surface area contributed by atoms with Gasteiger partial charge in [0.05, 0.1) is 0 Å². The highest BCUT2D eigenvalue weighted by Crippen LogP contribution is 2.36. The van der Waals surface area contributed by atoms with Gasteiger partial charge in [0.25, 0.3) is 5.92 Å². The van der Waals surface area contributed by atoms with E-state index in [1.807, 2.05) is 13.8 Å². The van der Waals surface area contributed by atoms with Gasteiger partial charge in [0, 0.05) is 37.7 Å². The second-order valence-electron chi connectivity index (χ2n) is 8.10. The molecule has 4 rings (SSSR count). The fourth-order valence-electron chi connectivity index (χ4n) is 3.46. The van der Waals surface area contributed by atoms with Gasteiger partial charge in [0.2, 0.25) is 17.8 Å². The van der Waals surface area contributed by atoms with Crippen LogP contribution in [0.1, 0.15) is 51.4 Å². The topological polar surface area (TPSA) is 88.5 Å². The van der Waals surface area contributed by atoms with Crippen LogP contribution in [0.25, 0.3) is 11.5 Å². The minimum atomic E-state index is -4.72. The first kappa shape index (κ1) is 28.0. The molecule has 0 bridgehead atoms. The minimum absolute atomic E-state index is 0.115. The normalized spacial score (nSPS) is 17.1. The Morgan fingerprint density at radius 1 is 0.919 bits per heavy atom. The molecular formula is C23H24F7N7. The molecule has 3 aromatic heterocycles. The smallest absolute Gasteiger partial charge is 0.351 e. The zero-order valence-electron chi connectivity index (χ0n) is 20.0. The lowest BCUT2D eigenvalue weighted by Gasteiger charge is -2.15. The van der Waals surface area contributed by atoms with Gasteiger partial charge < -0.3 is 10.6 Å². The Labute approximate surface area is 208 Å². The molecule has 7 nitrogen and oxygen atoms in total. The third-order valence-electron chi connectivity index (χ3n) is 5.11. The predicted molar refractivity (Wildman–Crippen MR) is 123 cm³/mol. The summed E-state index contributed by atoms with van der Waals surface area (Å²) in [6.45, 7) is 4.67. The number of aromatic nitrogens is 5. The lowest BCUT2D eigenvalue weighted by Crippen LogP contribution is -2.21. The van der Waals surface area contributed by atoms with Gasteiger partial charge in [-0.3, -0.25) is 4.98 Å². The second kappa shape index (κ2) is 10.8. The summed E-state index contributed by atoms with van der Waals surface area (Å²) in [5.41, 5.74) is -1.86. The number of anilines is 3. The average Bonchev–Trinajstić information content (AvgIpc) is 3.17. The first-order valence-corrected chi connectivity index (χ1v) is 11.3. The summed E-state index contributed by atoms with van der Waals surface area (Å²) in [4.78, 5) is 19.3. The molecular weight excluding hydrogens is 507 g/mol. The van der Waals surface area contributed by atoms with Gasteiger partial charge in [0.1, 0.15) is 17.1 Å². The van der Waals surface area contributed by atoms with Crippen LogP contribution >= 0.6 is 0 Å².